The molecule has 4 rings (SSSR count). The van der Waals surface area contributed by atoms with Gasteiger partial charge in [0.1, 0.15) is 17.2 Å². The average molecular weight is 349 g/mol. The van der Waals surface area contributed by atoms with Gasteiger partial charge in [-0.25, -0.2) is 9.97 Å². The van der Waals surface area contributed by atoms with Crippen LogP contribution in [0.15, 0.2) is 36.4 Å². The number of H-pyrrole nitrogens is 1. The molecule has 3 heterocycles. The van der Waals surface area contributed by atoms with E-state index < -0.39 is 0 Å². The van der Waals surface area contributed by atoms with Gasteiger partial charge in [-0.05, 0) is 18.9 Å². The van der Waals surface area contributed by atoms with Crippen molar-refractivity contribution in [1.82, 2.24) is 19.9 Å². The van der Waals surface area contributed by atoms with Crippen molar-refractivity contribution in [3.05, 3.63) is 42.1 Å². The Labute approximate surface area is 152 Å². The van der Waals surface area contributed by atoms with Crippen molar-refractivity contribution in [2.75, 3.05) is 18.8 Å². The van der Waals surface area contributed by atoms with E-state index in [1.807, 2.05) is 35.2 Å². The van der Waals surface area contributed by atoms with E-state index in [0.29, 0.717) is 28.4 Å². The van der Waals surface area contributed by atoms with Gasteiger partial charge in [0, 0.05) is 18.7 Å². The Morgan fingerprint density at radius 3 is 2.42 bits per heavy atom. The minimum Gasteiger partial charge on any atom is -0.383 e. The summed E-state index contributed by atoms with van der Waals surface area (Å²) >= 11 is 0. The first-order valence-corrected chi connectivity index (χ1v) is 9.23. The molecule has 1 aliphatic rings. The summed E-state index contributed by atoms with van der Waals surface area (Å²) in [6, 6.07) is 11.5. The van der Waals surface area contributed by atoms with Gasteiger partial charge in [0.2, 0.25) is 0 Å². The summed E-state index contributed by atoms with van der Waals surface area (Å²) in [7, 11) is 0. The van der Waals surface area contributed by atoms with Crippen LogP contribution in [0.3, 0.4) is 0 Å². The molecule has 0 radical (unpaired) electrons. The third-order valence-corrected chi connectivity index (χ3v) is 4.92. The number of nitrogens with zero attached hydrogens (tertiary/aromatic N) is 3. The molecule has 0 saturated carbocycles. The summed E-state index contributed by atoms with van der Waals surface area (Å²) in [6.07, 6.45) is 5.77. The molecule has 0 unspecified atom stereocenters. The number of nitrogens with one attached hydrogen (secondary N) is 1. The molecular formula is C20H23N5O. The first-order valence-electron chi connectivity index (χ1n) is 9.23. The van der Waals surface area contributed by atoms with Gasteiger partial charge < -0.3 is 15.6 Å². The summed E-state index contributed by atoms with van der Waals surface area (Å²) in [6.45, 7) is 1.62. The number of amides is 1. The minimum atomic E-state index is 0.0190. The fourth-order valence-electron chi connectivity index (χ4n) is 3.48. The van der Waals surface area contributed by atoms with Crippen LogP contribution in [0.4, 0.5) is 5.82 Å². The zero-order chi connectivity index (χ0) is 17.9. The number of carbonyl (C=O) groups is 1. The van der Waals surface area contributed by atoms with Crippen LogP contribution in [0.1, 0.15) is 42.6 Å². The van der Waals surface area contributed by atoms with Gasteiger partial charge in [0.15, 0.2) is 5.82 Å². The Morgan fingerprint density at radius 1 is 1.00 bits per heavy atom. The van der Waals surface area contributed by atoms with E-state index >= 15 is 0 Å². The van der Waals surface area contributed by atoms with E-state index in [4.69, 9.17) is 5.73 Å². The van der Waals surface area contributed by atoms with Crippen molar-refractivity contribution >= 4 is 22.8 Å². The van der Waals surface area contributed by atoms with E-state index in [-0.39, 0.29) is 5.91 Å². The number of benzene rings is 1. The van der Waals surface area contributed by atoms with Crippen LogP contribution in [0, 0.1) is 0 Å². The molecule has 1 aromatic carbocycles. The number of nitrogens with two attached hydrogens (primary N) is 1. The van der Waals surface area contributed by atoms with Gasteiger partial charge in [-0.2, -0.15) is 0 Å². The van der Waals surface area contributed by atoms with E-state index in [2.05, 4.69) is 15.0 Å². The lowest BCUT2D eigenvalue weighted by atomic mass is 10.1. The maximum absolute atomic E-state index is 12.9. The van der Waals surface area contributed by atoms with Crippen LogP contribution in [-0.4, -0.2) is 38.8 Å². The van der Waals surface area contributed by atoms with E-state index in [9.17, 15) is 4.79 Å². The highest BCUT2D eigenvalue weighted by atomic mass is 16.2. The minimum absolute atomic E-state index is 0.0190. The van der Waals surface area contributed by atoms with Crippen molar-refractivity contribution in [3.63, 3.8) is 0 Å². The number of anilines is 1. The fraction of sp³-hybridized carbons (Fsp3) is 0.350. The zero-order valence-electron chi connectivity index (χ0n) is 14.7. The molecule has 1 saturated heterocycles. The molecule has 0 atom stereocenters. The van der Waals surface area contributed by atoms with Crippen LogP contribution in [0.25, 0.3) is 22.4 Å². The van der Waals surface area contributed by atoms with E-state index in [1.54, 1.807) is 6.07 Å². The highest BCUT2D eigenvalue weighted by Crippen LogP contribution is 2.24. The molecule has 2 aromatic heterocycles. The first-order chi connectivity index (χ1) is 12.7. The average Bonchev–Trinajstić information content (AvgIpc) is 3.06. The van der Waals surface area contributed by atoms with Crippen molar-refractivity contribution in [1.29, 1.82) is 0 Å². The van der Waals surface area contributed by atoms with Gasteiger partial charge >= 0.3 is 0 Å². The number of aromatic nitrogens is 3. The monoisotopic (exact) mass is 349 g/mol. The molecule has 0 spiro atoms. The first kappa shape index (κ1) is 16.6. The van der Waals surface area contributed by atoms with Crippen LogP contribution < -0.4 is 5.73 Å². The number of nitrogen functional groups attached to an aromatic ring is 1. The normalized spacial score (nSPS) is 15.6. The second-order valence-corrected chi connectivity index (χ2v) is 6.80. The largest absolute Gasteiger partial charge is 0.383 e. The zero-order valence-corrected chi connectivity index (χ0v) is 14.7. The highest BCUT2D eigenvalue weighted by Gasteiger charge is 2.20. The Balaban J connectivity index is 1.66. The Morgan fingerprint density at radius 2 is 1.69 bits per heavy atom. The lowest BCUT2D eigenvalue weighted by Crippen LogP contribution is -2.34. The maximum atomic E-state index is 12.9. The van der Waals surface area contributed by atoms with Gasteiger partial charge in [0.25, 0.3) is 5.91 Å². The summed E-state index contributed by atoms with van der Waals surface area (Å²) < 4.78 is 0. The molecule has 3 N–H and O–H groups in total. The number of hydrogen-bond donors (Lipinski definition) is 2. The lowest BCUT2D eigenvalue weighted by Gasteiger charge is -2.24. The van der Waals surface area contributed by atoms with Gasteiger partial charge in [-0.3, -0.25) is 4.79 Å². The van der Waals surface area contributed by atoms with Crippen molar-refractivity contribution in [3.8, 4) is 11.4 Å². The van der Waals surface area contributed by atoms with Crippen LogP contribution in [0.2, 0.25) is 0 Å². The molecule has 6 heteroatoms. The molecule has 3 aromatic rings. The predicted octanol–water partition coefficient (Wildman–Crippen LogP) is 3.61. The third kappa shape index (κ3) is 3.27. The van der Waals surface area contributed by atoms with Gasteiger partial charge in [-0.15, -0.1) is 0 Å². The molecule has 6 nitrogen and oxygen atoms in total. The SMILES string of the molecule is Nc1nc(-c2ccccc2)nc2[nH]c(C(=O)N3CCCCCCC3)cc12. The van der Waals surface area contributed by atoms with Crippen molar-refractivity contribution < 1.29 is 4.79 Å². The molecule has 134 valence electrons. The van der Waals surface area contributed by atoms with Crippen molar-refractivity contribution in [2.45, 2.75) is 32.1 Å². The Hall–Kier alpha value is -2.89. The second-order valence-electron chi connectivity index (χ2n) is 6.80. The van der Waals surface area contributed by atoms with Gasteiger partial charge in [-0.1, -0.05) is 49.6 Å². The smallest absolute Gasteiger partial charge is 0.270 e. The number of aromatic amines is 1. The molecule has 0 bridgehead atoms. The lowest BCUT2D eigenvalue weighted by molar-refractivity contribution is 0.0737. The topological polar surface area (TPSA) is 87.9 Å². The summed E-state index contributed by atoms with van der Waals surface area (Å²) in [5.74, 6) is 0.963. The molecule has 1 aliphatic heterocycles. The second kappa shape index (κ2) is 7.15. The van der Waals surface area contributed by atoms with Crippen LogP contribution >= 0.6 is 0 Å². The predicted molar refractivity (Wildman–Crippen MR) is 103 cm³/mol. The summed E-state index contributed by atoms with van der Waals surface area (Å²) in [5.41, 5.74) is 8.17. The Bertz CT molecular complexity index is 911. The molecule has 1 fully saturated rings. The summed E-state index contributed by atoms with van der Waals surface area (Å²) in [4.78, 5) is 27.0. The number of carbonyl (C=O) groups excluding carboxylic acids is 1. The van der Waals surface area contributed by atoms with E-state index in [0.717, 1.165) is 31.5 Å². The maximum Gasteiger partial charge on any atom is 0.270 e. The number of hydrogen-bond acceptors (Lipinski definition) is 4. The third-order valence-electron chi connectivity index (χ3n) is 4.92. The quantitative estimate of drug-likeness (QED) is 0.740. The molecule has 26 heavy (non-hydrogen) atoms. The van der Waals surface area contributed by atoms with E-state index in [1.165, 1.54) is 19.3 Å². The van der Waals surface area contributed by atoms with Crippen LogP contribution in [-0.2, 0) is 0 Å². The number of likely N-dealkylation sites (tertiary alicyclic amines) is 1. The van der Waals surface area contributed by atoms with Crippen LogP contribution in [0.5, 0.6) is 0 Å². The fourth-order valence-corrected chi connectivity index (χ4v) is 3.48. The molecule has 1 amide bonds. The Kier molecular flexibility index (Phi) is 4.56. The highest BCUT2D eigenvalue weighted by molar-refractivity contribution is 6.00. The number of rotatable bonds is 2. The van der Waals surface area contributed by atoms with Gasteiger partial charge in [0.05, 0.1) is 5.39 Å². The molecule has 0 aliphatic carbocycles. The van der Waals surface area contributed by atoms with Crippen molar-refractivity contribution in [2.24, 2.45) is 0 Å². The summed E-state index contributed by atoms with van der Waals surface area (Å²) in [5, 5.41) is 0.695. The standard InChI is InChI=1S/C20H23N5O/c21-17-15-13-16(20(26)25-11-7-2-1-3-8-12-25)22-19(15)24-18(23-17)14-9-5-4-6-10-14/h4-6,9-10,13H,1-3,7-8,11-12H2,(H3,21,22,23,24). The molecular weight excluding hydrogens is 326 g/mol. The number of fused-ring (bicyclic) bond motifs is 1.